The van der Waals surface area contributed by atoms with E-state index >= 15 is 0 Å². The van der Waals surface area contributed by atoms with Crippen molar-refractivity contribution in [1.29, 1.82) is 0 Å². The number of aryl methyl sites for hydroxylation is 3. The average molecular weight is 465 g/mol. The first-order chi connectivity index (χ1) is 15.3. The van der Waals surface area contributed by atoms with Crippen molar-refractivity contribution in [3.8, 4) is 0 Å². The van der Waals surface area contributed by atoms with E-state index in [9.17, 15) is 13.2 Å². The first-order valence-electron chi connectivity index (χ1n) is 10.3. The molecule has 0 saturated heterocycles. The molecule has 1 aromatic heterocycles. The summed E-state index contributed by atoms with van der Waals surface area (Å²) in [6.07, 6.45) is 1.13. The van der Waals surface area contributed by atoms with Gasteiger partial charge in [-0.15, -0.1) is 11.3 Å². The zero-order valence-electron chi connectivity index (χ0n) is 17.9. The Morgan fingerprint density at radius 3 is 2.41 bits per heavy atom. The van der Waals surface area contributed by atoms with Gasteiger partial charge in [0.25, 0.3) is 10.0 Å². The van der Waals surface area contributed by atoms with Crippen LogP contribution in [0.4, 0.5) is 0 Å². The van der Waals surface area contributed by atoms with E-state index in [4.69, 9.17) is 0 Å². The molecule has 0 fully saturated rings. The van der Waals surface area contributed by atoms with Gasteiger partial charge in [-0.25, -0.2) is 18.1 Å². The molecule has 0 spiro atoms. The Balaban J connectivity index is 1.64. The number of hydrogen-bond donors (Lipinski definition) is 1. The lowest BCUT2D eigenvalue weighted by molar-refractivity contribution is -0.120. The smallest absolute Gasteiger partial charge is 0.264 e. The first kappa shape index (κ1) is 22.2. The van der Waals surface area contributed by atoms with Crippen LogP contribution in [0.25, 0.3) is 10.8 Å². The van der Waals surface area contributed by atoms with Crippen LogP contribution in [0, 0.1) is 13.8 Å². The number of amides is 1. The van der Waals surface area contributed by atoms with Gasteiger partial charge in [0.1, 0.15) is 0 Å². The molecule has 1 N–H and O–H groups in total. The van der Waals surface area contributed by atoms with E-state index in [1.165, 1.54) is 12.1 Å². The van der Waals surface area contributed by atoms with Gasteiger partial charge in [-0.2, -0.15) is 0 Å². The summed E-state index contributed by atoms with van der Waals surface area (Å²) in [5.41, 5.74) is 4.48. The van der Waals surface area contributed by atoms with Gasteiger partial charge in [-0.05, 0) is 55.2 Å². The Morgan fingerprint density at radius 2 is 1.72 bits per heavy atom. The first-order valence-corrected chi connectivity index (χ1v) is 12.7. The standard InChI is InChI=1S/C25H24N2O3S2/c1-17-7-11-22(12-8-17)32(29,30)27-25(28)23(13-14-24-18(2)26-16-31-24)21-10-9-19-5-3-4-6-20(19)15-21/h3-12,15-16,23H,13-14H2,1-2H3,(H,27,28). The van der Waals surface area contributed by atoms with E-state index in [0.29, 0.717) is 12.8 Å². The van der Waals surface area contributed by atoms with Gasteiger partial charge < -0.3 is 0 Å². The molecule has 0 bridgehead atoms. The highest BCUT2D eigenvalue weighted by molar-refractivity contribution is 7.90. The second-order valence-corrected chi connectivity index (χ2v) is 10.5. The van der Waals surface area contributed by atoms with E-state index in [0.717, 1.165) is 32.5 Å². The molecule has 1 heterocycles. The number of rotatable bonds is 7. The molecule has 0 aliphatic heterocycles. The molecule has 0 radical (unpaired) electrons. The lowest BCUT2D eigenvalue weighted by Crippen LogP contribution is -2.35. The molecule has 5 nitrogen and oxygen atoms in total. The Bertz CT molecular complexity index is 1360. The Labute approximate surface area is 192 Å². The third-order valence-corrected chi connectivity index (χ3v) is 7.92. The van der Waals surface area contributed by atoms with Gasteiger partial charge in [0.05, 0.1) is 22.0 Å². The van der Waals surface area contributed by atoms with Crippen LogP contribution in [0.3, 0.4) is 0 Å². The number of sulfonamides is 1. The summed E-state index contributed by atoms with van der Waals surface area (Å²) in [5, 5.41) is 2.08. The van der Waals surface area contributed by atoms with E-state index in [2.05, 4.69) is 9.71 Å². The second-order valence-electron chi connectivity index (χ2n) is 7.84. The maximum Gasteiger partial charge on any atom is 0.264 e. The highest BCUT2D eigenvalue weighted by Crippen LogP contribution is 2.28. The Kier molecular flexibility index (Phi) is 6.39. The highest BCUT2D eigenvalue weighted by Gasteiger charge is 2.26. The van der Waals surface area contributed by atoms with Crippen LogP contribution < -0.4 is 4.72 Å². The monoisotopic (exact) mass is 464 g/mol. The molecule has 4 rings (SSSR count). The number of thiazole rings is 1. The zero-order chi connectivity index (χ0) is 22.7. The lowest BCUT2D eigenvalue weighted by Gasteiger charge is -2.18. The average Bonchev–Trinajstić information content (AvgIpc) is 3.18. The lowest BCUT2D eigenvalue weighted by atomic mass is 9.91. The summed E-state index contributed by atoms with van der Waals surface area (Å²) in [6.45, 7) is 3.82. The van der Waals surface area contributed by atoms with Crippen LogP contribution in [-0.2, 0) is 21.2 Å². The van der Waals surface area contributed by atoms with E-state index in [1.54, 1.807) is 29.0 Å². The number of carbonyl (C=O) groups is 1. The van der Waals surface area contributed by atoms with Crippen molar-refractivity contribution in [3.63, 3.8) is 0 Å². The molecule has 1 amide bonds. The quantitative estimate of drug-likeness (QED) is 0.411. The predicted molar refractivity (Wildman–Crippen MR) is 128 cm³/mol. The molecule has 0 aliphatic carbocycles. The number of carbonyl (C=O) groups excluding carboxylic acids is 1. The zero-order valence-corrected chi connectivity index (χ0v) is 19.5. The fraction of sp³-hybridized carbons (Fsp3) is 0.200. The third-order valence-electron chi connectivity index (χ3n) is 5.56. The molecule has 1 unspecified atom stereocenters. The second kappa shape index (κ2) is 9.22. The summed E-state index contributed by atoms with van der Waals surface area (Å²) < 4.78 is 28.0. The molecule has 164 valence electrons. The topological polar surface area (TPSA) is 76.1 Å². The fourth-order valence-corrected chi connectivity index (χ4v) is 5.51. The Hall–Kier alpha value is -3.03. The fourth-order valence-electron chi connectivity index (χ4n) is 3.70. The summed E-state index contributed by atoms with van der Waals surface area (Å²) in [4.78, 5) is 18.7. The van der Waals surface area contributed by atoms with Gasteiger partial charge in [-0.1, -0.05) is 60.2 Å². The normalized spacial score (nSPS) is 12.6. The number of hydrogen-bond acceptors (Lipinski definition) is 5. The molecule has 7 heteroatoms. The predicted octanol–water partition coefficient (Wildman–Crippen LogP) is 5.13. The molecule has 4 aromatic rings. The van der Waals surface area contributed by atoms with E-state index in [-0.39, 0.29) is 4.90 Å². The number of nitrogens with zero attached hydrogens (tertiary/aromatic N) is 1. The maximum atomic E-state index is 13.3. The maximum absolute atomic E-state index is 13.3. The molecule has 0 saturated carbocycles. The van der Waals surface area contributed by atoms with E-state index in [1.807, 2.05) is 56.3 Å². The van der Waals surface area contributed by atoms with Gasteiger partial charge in [0.15, 0.2) is 0 Å². The van der Waals surface area contributed by atoms with Crippen LogP contribution in [0.15, 0.2) is 77.1 Å². The SMILES string of the molecule is Cc1ccc(S(=O)(=O)NC(=O)C(CCc2scnc2C)c2ccc3ccccc3c2)cc1. The number of benzene rings is 3. The molecule has 0 aliphatic rings. The third kappa shape index (κ3) is 4.89. The van der Waals surface area contributed by atoms with Crippen molar-refractivity contribution >= 4 is 38.0 Å². The number of aromatic nitrogens is 1. The summed E-state index contributed by atoms with van der Waals surface area (Å²) in [7, 11) is -3.96. The van der Waals surface area contributed by atoms with Crippen molar-refractivity contribution in [2.24, 2.45) is 0 Å². The number of nitrogens with one attached hydrogen (secondary N) is 1. The summed E-state index contributed by atoms with van der Waals surface area (Å²) >= 11 is 1.55. The van der Waals surface area contributed by atoms with Crippen molar-refractivity contribution < 1.29 is 13.2 Å². The minimum atomic E-state index is -3.96. The van der Waals surface area contributed by atoms with Gasteiger partial charge in [0.2, 0.25) is 5.91 Å². The van der Waals surface area contributed by atoms with Crippen molar-refractivity contribution in [3.05, 3.63) is 93.9 Å². The van der Waals surface area contributed by atoms with Crippen molar-refractivity contribution in [2.45, 2.75) is 37.5 Å². The van der Waals surface area contributed by atoms with Gasteiger partial charge in [0, 0.05) is 4.88 Å². The van der Waals surface area contributed by atoms with Crippen LogP contribution >= 0.6 is 11.3 Å². The molecule has 32 heavy (non-hydrogen) atoms. The largest absolute Gasteiger partial charge is 0.273 e. The van der Waals surface area contributed by atoms with Crippen LogP contribution in [0.1, 0.15) is 34.0 Å². The molecular weight excluding hydrogens is 440 g/mol. The van der Waals surface area contributed by atoms with Crippen LogP contribution in [0.2, 0.25) is 0 Å². The molecular formula is C25H24N2O3S2. The molecule has 1 atom stereocenters. The minimum absolute atomic E-state index is 0.0759. The summed E-state index contributed by atoms with van der Waals surface area (Å²) in [6, 6.07) is 20.2. The van der Waals surface area contributed by atoms with Crippen LogP contribution in [0.5, 0.6) is 0 Å². The van der Waals surface area contributed by atoms with E-state index < -0.39 is 21.8 Å². The van der Waals surface area contributed by atoms with Gasteiger partial charge in [-0.3, -0.25) is 4.79 Å². The van der Waals surface area contributed by atoms with Crippen molar-refractivity contribution in [1.82, 2.24) is 9.71 Å². The Morgan fingerprint density at radius 1 is 1.00 bits per heavy atom. The van der Waals surface area contributed by atoms with Gasteiger partial charge >= 0.3 is 0 Å². The van der Waals surface area contributed by atoms with Crippen LogP contribution in [-0.4, -0.2) is 19.3 Å². The molecule has 3 aromatic carbocycles. The highest BCUT2D eigenvalue weighted by atomic mass is 32.2. The number of fused-ring (bicyclic) bond motifs is 1. The summed E-state index contributed by atoms with van der Waals surface area (Å²) in [5.74, 6) is -1.13. The van der Waals surface area contributed by atoms with Crippen molar-refractivity contribution in [2.75, 3.05) is 0 Å². The minimum Gasteiger partial charge on any atom is -0.273 e.